The average molecular weight is 225 g/mol. The van der Waals surface area contributed by atoms with Crippen LogP contribution in [0.4, 0.5) is 0 Å². The molecule has 86 valence electrons. The maximum Gasteiger partial charge on any atom is 0.407 e. The highest BCUT2D eigenvalue weighted by atomic mass is 31.2. The van der Waals surface area contributed by atoms with Gasteiger partial charge in [-0.1, -0.05) is 0 Å². The monoisotopic (exact) mass is 225 g/mol. The van der Waals surface area contributed by atoms with Crippen LogP contribution in [0.15, 0.2) is 0 Å². The predicted octanol–water partition coefficient (Wildman–Crippen LogP) is 1.74. The Balaban J connectivity index is 3.91. The predicted molar refractivity (Wildman–Crippen MR) is 55.3 cm³/mol. The molecule has 0 N–H and O–H groups in total. The molecule has 0 aliphatic heterocycles. The first kappa shape index (κ1) is 14.1. The summed E-state index contributed by atoms with van der Waals surface area (Å²) in [6.07, 6.45) is 0.792. The fourth-order valence-corrected chi connectivity index (χ4v) is 1.78. The van der Waals surface area contributed by atoms with Crippen LogP contribution in [0, 0.1) is 0 Å². The zero-order valence-corrected chi connectivity index (χ0v) is 10.4. The average Bonchev–Trinajstić information content (AvgIpc) is 2.16. The standard InChI is InChI=1S/C8H20NO4P/c1-8(11-4)6-7-13-14(10,12-5)9(2)3/h8H,6-7H2,1-5H3. The highest BCUT2D eigenvalue weighted by Crippen LogP contribution is 2.48. The molecule has 0 bridgehead atoms. The van der Waals surface area contributed by atoms with Crippen LogP contribution in [-0.2, 0) is 18.3 Å². The first-order chi connectivity index (χ1) is 6.46. The normalized spacial score (nSPS) is 18.1. The first-order valence-electron chi connectivity index (χ1n) is 4.47. The van der Waals surface area contributed by atoms with Crippen molar-refractivity contribution in [3.8, 4) is 0 Å². The molecule has 0 fully saturated rings. The summed E-state index contributed by atoms with van der Waals surface area (Å²) in [5, 5.41) is 0. The van der Waals surface area contributed by atoms with Crippen LogP contribution < -0.4 is 0 Å². The summed E-state index contributed by atoms with van der Waals surface area (Å²) < 4.78 is 28.3. The van der Waals surface area contributed by atoms with E-state index in [-0.39, 0.29) is 6.10 Å². The summed E-state index contributed by atoms with van der Waals surface area (Å²) in [6.45, 7) is 2.29. The van der Waals surface area contributed by atoms with Crippen molar-refractivity contribution in [2.45, 2.75) is 19.4 Å². The molecule has 0 heterocycles. The smallest absolute Gasteiger partial charge is 0.382 e. The fourth-order valence-electron chi connectivity index (χ4n) is 0.783. The maximum atomic E-state index is 11.8. The molecule has 2 atom stereocenters. The molecule has 0 rings (SSSR count). The summed E-state index contributed by atoms with van der Waals surface area (Å²) in [4.78, 5) is 0. The van der Waals surface area contributed by atoms with Crippen LogP contribution in [-0.4, -0.2) is 45.7 Å². The minimum atomic E-state index is -3.06. The Labute approximate surface area is 85.9 Å². The Morgan fingerprint density at radius 2 is 1.93 bits per heavy atom. The minimum Gasteiger partial charge on any atom is -0.382 e. The molecule has 0 aromatic heterocycles. The van der Waals surface area contributed by atoms with E-state index in [9.17, 15) is 4.57 Å². The van der Waals surface area contributed by atoms with Crippen LogP contribution in [0.3, 0.4) is 0 Å². The molecule has 0 saturated carbocycles. The lowest BCUT2D eigenvalue weighted by atomic mass is 10.3. The van der Waals surface area contributed by atoms with Gasteiger partial charge in [0.1, 0.15) is 0 Å². The molecule has 0 radical (unpaired) electrons. The topological polar surface area (TPSA) is 48.0 Å². The third kappa shape index (κ3) is 4.53. The molecule has 5 nitrogen and oxygen atoms in total. The molecule has 0 amide bonds. The van der Waals surface area contributed by atoms with Gasteiger partial charge in [-0.25, -0.2) is 9.24 Å². The van der Waals surface area contributed by atoms with Gasteiger partial charge in [-0.3, -0.25) is 9.05 Å². The highest BCUT2D eigenvalue weighted by Gasteiger charge is 2.26. The van der Waals surface area contributed by atoms with E-state index in [0.717, 1.165) is 0 Å². The van der Waals surface area contributed by atoms with Crippen molar-refractivity contribution in [2.75, 3.05) is 34.9 Å². The number of methoxy groups -OCH3 is 1. The van der Waals surface area contributed by atoms with Gasteiger partial charge in [-0.2, -0.15) is 0 Å². The Morgan fingerprint density at radius 1 is 1.36 bits per heavy atom. The summed E-state index contributed by atoms with van der Waals surface area (Å²) in [6, 6.07) is 0. The molecular formula is C8H20NO4P. The lowest BCUT2D eigenvalue weighted by Gasteiger charge is -2.22. The second-order valence-electron chi connectivity index (χ2n) is 3.17. The number of ether oxygens (including phenoxy) is 1. The summed E-state index contributed by atoms with van der Waals surface area (Å²) in [5.74, 6) is 0. The molecule has 2 unspecified atom stereocenters. The molecule has 0 aliphatic rings. The van der Waals surface area contributed by atoms with Crippen LogP contribution in [0.2, 0.25) is 0 Å². The zero-order chi connectivity index (χ0) is 11.2. The van der Waals surface area contributed by atoms with E-state index < -0.39 is 7.75 Å². The minimum absolute atomic E-state index is 0.0995. The molecule has 14 heavy (non-hydrogen) atoms. The molecular weight excluding hydrogens is 205 g/mol. The third-order valence-electron chi connectivity index (χ3n) is 1.90. The van der Waals surface area contributed by atoms with Gasteiger partial charge in [-0.05, 0) is 27.4 Å². The van der Waals surface area contributed by atoms with Crippen molar-refractivity contribution in [2.24, 2.45) is 0 Å². The Kier molecular flexibility index (Phi) is 6.57. The Bertz CT molecular complexity index is 198. The largest absolute Gasteiger partial charge is 0.407 e. The van der Waals surface area contributed by atoms with E-state index >= 15 is 0 Å². The number of hydrogen-bond donors (Lipinski definition) is 0. The number of hydrogen-bond acceptors (Lipinski definition) is 4. The Hall–Kier alpha value is 0.0700. The molecule has 0 spiro atoms. The van der Waals surface area contributed by atoms with Crippen LogP contribution in [0.5, 0.6) is 0 Å². The second kappa shape index (κ2) is 6.53. The summed E-state index contributed by atoms with van der Waals surface area (Å²) in [5.41, 5.74) is 0. The molecule has 0 saturated heterocycles. The van der Waals surface area contributed by atoms with Crippen LogP contribution >= 0.6 is 7.75 Å². The van der Waals surface area contributed by atoms with Crippen molar-refractivity contribution in [1.29, 1.82) is 0 Å². The van der Waals surface area contributed by atoms with E-state index in [2.05, 4.69) is 0 Å². The van der Waals surface area contributed by atoms with Gasteiger partial charge >= 0.3 is 7.75 Å². The van der Waals surface area contributed by atoms with E-state index in [1.165, 1.54) is 11.8 Å². The second-order valence-corrected chi connectivity index (χ2v) is 5.53. The van der Waals surface area contributed by atoms with E-state index in [1.54, 1.807) is 21.2 Å². The quantitative estimate of drug-likeness (QED) is 0.618. The van der Waals surface area contributed by atoms with Crippen LogP contribution in [0.25, 0.3) is 0 Å². The van der Waals surface area contributed by atoms with Crippen molar-refractivity contribution >= 4 is 7.75 Å². The lowest BCUT2D eigenvalue weighted by Crippen LogP contribution is -2.15. The van der Waals surface area contributed by atoms with Gasteiger partial charge in [0.2, 0.25) is 0 Å². The van der Waals surface area contributed by atoms with Gasteiger partial charge in [0, 0.05) is 14.2 Å². The van der Waals surface area contributed by atoms with E-state index in [1.807, 2.05) is 6.92 Å². The number of rotatable bonds is 7. The Morgan fingerprint density at radius 3 is 2.29 bits per heavy atom. The SMILES string of the molecule is COC(C)CCOP(=O)(OC)N(C)C. The summed E-state index contributed by atoms with van der Waals surface area (Å²) >= 11 is 0. The fraction of sp³-hybridized carbons (Fsp3) is 1.00. The van der Waals surface area contributed by atoms with Gasteiger partial charge in [0.05, 0.1) is 12.7 Å². The van der Waals surface area contributed by atoms with Crippen molar-refractivity contribution < 1.29 is 18.3 Å². The molecule has 0 aromatic carbocycles. The molecule has 0 aliphatic carbocycles. The van der Waals surface area contributed by atoms with Gasteiger partial charge in [-0.15, -0.1) is 0 Å². The highest BCUT2D eigenvalue weighted by molar-refractivity contribution is 7.51. The van der Waals surface area contributed by atoms with Gasteiger partial charge in [0.25, 0.3) is 0 Å². The number of nitrogens with zero attached hydrogens (tertiary/aromatic N) is 1. The summed E-state index contributed by atoms with van der Waals surface area (Å²) in [7, 11) is 3.26. The maximum absolute atomic E-state index is 11.8. The van der Waals surface area contributed by atoms with E-state index in [4.69, 9.17) is 13.8 Å². The van der Waals surface area contributed by atoms with Crippen molar-refractivity contribution in [3.05, 3.63) is 0 Å². The molecule has 0 aromatic rings. The zero-order valence-electron chi connectivity index (χ0n) is 9.52. The van der Waals surface area contributed by atoms with E-state index in [0.29, 0.717) is 13.0 Å². The van der Waals surface area contributed by atoms with Crippen molar-refractivity contribution in [3.63, 3.8) is 0 Å². The van der Waals surface area contributed by atoms with Gasteiger partial charge < -0.3 is 4.74 Å². The van der Waals surface area contributed by atoms with Crippen LogP contribution in [0.1, 0.15) is 13.3 Å². The lowest BCUT2D eigenvalue weighted by molar-refractivity contribution is 0.0889. The third-order valence-corrected chi connectivity index (χ3v) is 3.85. The first-order valence-corrected chi connectivity index (χ1v) is 5.96. The van der Waals surface area contributed by atoms with Gasteiger partial charge in [0.15, 0.2) is 0 Å². The van der Waals surface area contributed by atoms with Crippen molar-refractivity contribution in [1.82, 2.24) is 4.67 Å². The molecule has 6 heteroatoms.